The highest BCUT2D eigenvalue weighted by Crippen LogP contribution is 2.35. The maximum absolute atomic E-state index is 10.9. The van der Waals surface area contributed by atoms with Crippen molar-refractivity contribution in [2.45, 2.75) is 58.1 Å². The van der Waals surface area contributed by atoms with Gasteiger partial charge < -0.3 is 21.5 Å². The minimum absolute atomic E-state index is 0.416. The van der Waals surface area contributed by atoms with Gasteiger partial charge in [-0.15, -0.1) is 0 Å². The van der Waals surface area contributed by atoms with Crippen molar-refractivity contribution in [3.63, 3.8) is 0 Å². The number of aryl methyl sites for hydroxylation is 1. The van der Waals surface area contributed by atoms with E-state index in [1.54, 1.807) is 0 Å². The molecule has 0 heterocycles. The summed E-state index contributed by atoms with van der Waals surface area (Å²) in [6.07, 6.45) is 3.40. The molecule has 2 atom stereocenters. The van der Waals surface area contributed by atoms with Crippen molar-refractivity contribution >= 4 is 17.5 Å². The Morgan fingerprint density at radius 3 is 2.77 bits per heavy atom. The molecule has 5 N–H and O–H groups in total. The summed E-state index contributed by atoms with van der Waals surface area (Å²) in [6.45, 7) is 5.86. The van der Waals surface area contributed by atoms with Gasteiger partial charge in [0.15, 0.2) is 0 Å². The zero-order chi connectivity index (χ0) is 16.3. The molecule has 5 nitrogen and oxygen atoms in total. The predicted molar refractivity (Wildman–Crippen MR) is 89.7 cm³/mol. The summed E-state index contributed by atoms with van der Waals surface area (Å²) < 4.78 is 5.18. The molecular weight excluding hydrogens is 278 g/mol. The Kier molecular flexibility index (Phi) is 4.84. The second-order valence-corrected chi connectivity index (χ2v) is 7.00. The first-order valence-corrected chi connectivity index (χ1v) is 7.86. The molecule has 2 unspecified atom stereocenters. The highest BCUT2D eigenvalue weighted by Gasteiger charge is 2.32. The van der Waals surface area contributed by atoms with Crippen LogP contribution in [-0.2, 0) is 4.74 Å². The van der Waals surface area contributed by atoms with Crippen molar-refractivity contribution in [3.8, 4) is 0 Å². The number of hydrogen-bond acceptors (Lipinski definition) is 4. The lowest BCUT2D eigenvalue weighted by molar-refractivity contribution is 0.0271. The highest BCUT2D eigenvalue weighted by molar-refractivity contribution is 5.67. The van der Waals surface area contributed by atoms with Gasteiger partial charge in [-0.1, -0.05) is 6.07 Å². The summed E-state index contributed by atoms with van der Waals surface area (Å²) in [6, 6.07) is 6.51. The molecule has 1 amide bonds. The summed E-state index contributed by atoms with van der Waals surface area (Å²) in [5.74, 6) is 0.526. The number of amides is 1. The molecule has 1 fully saturated rings. The van der Waals surface area contributed by atoms with Crippen molar-refractivity contribution in [2.24, 2.45) is 11.7 Å². The summed E-state index contributed by atoms with van der Waals surface area (Å²) in [5.41, 5.74) is 13.6. The number of ether oxygens (including phenoxy) is 1. The van der Waals surface area contributed by atoms with Crippen molar-refractivity contribution in [1.29, 1.82) is 0 Å². The smallest absolute Gasteiger partial charge is 0.405 e. The van der Waals surface area contributed by atoms with Gasteiger partial charge >= 0.3 is 6.09 Å². The lowest BCUT2D eigenvalue weighted by Crippen LogP contribution is -2.33. The lowest BCUT2D eigenvalue weighted by Gasteiger charge is -2.27. The SMILES string of the molecule is Cc1ccc(NC2CCC(CC(C)(C)OC(N)=O)C2)c(N)c1. The quantitative estimate of drug-likeness (QED) is 0.727. The Labute approximate surface area is 132 Å². The number of carbonyl (C=O) groups is 1. The predicted octanol–water partition coefficient (Wildman–Crippen LogP) is 3.42. The monoisotopic (exact) mass is 305 g/mol. The van der Waals surface area contributed by atoms with Crippen molar-refractivity contribution in [1.82, 2.24) is 0 Å². The molecule has 0 spiro atoms. The number of nitrogens with one attached hydrogen (secondary N) is 1. The first-order chi connectivity index (χ1) is 10.2. The van der Waals surface area contributed by atoms with E-state index in [-0.39, 0.29) is 0 Å². The molecule has 1 aliphatic carbocycles. The maximum atomic E-state index is 10.9. The molecule has 2 rings (SSSR count). The van der Waals surface area contributed by atoms with Crippen molar-refractivity contribution < 1.29 is 9.53 Å². The summed E-state index contributed by atoms with van der Waals surface area (Å²) in [7, 11) is 0. The van der Waals surface area contributed by atoms with Crippen LogP contribution in [0.3, 0.4) is 0 Å². The first-order valence-electron chi connectivity index (χ1n) is 7.86. The number of primary amides is 1. The van der Waals surface area contributed by atoms with Crippen LogP contribution in [0.1, 0.15) is 45.1 Å². The van der Waals surface area contributed by atoms with E-state index in [1.165, 1.54) is 0 Å². The van der Waals surface area contributed by atoms with Gasteiger partial charge in [-0.05, 0) is 70.1 Å². The number of carbonyl (C=O) groups excluding carboxylic acids is 1. The second kappa shape index (κ2) is 6.46. The van der Waals surface area contributed by atoms with Gasteiger partial charge in [0.2, 0.25) is 0 Å². The molecule has 0 aliphatic heterocycles. The average Bonchev–Trinajstić information content (AvgIpc) is 2.77. The van der Waals surface area contributed by atoms with E-state index in [0.29, 0.717) is 12.0 Å². The van der Waals surface area contributed by atoms with Crippen LogP contribution in [-0.4, -0.2) is 17.7 Å². The highest BCUT2D eigenvalue weighted by atomic mass is 16.6. The van der Waals surface area contributed by atoms with E-state index >= 15 is 0 Å². The average molecular weight is 305 g/mol. The summed E-state index contributed by atoms with van der Waals surface area (Å²) >= 11 is 0. The van der Waals surface area contributed by atoms with Gasteiger partial charge in [0, 0.05) is 6.04 Å². The molecule has 22 heavy (non-hydrogen) atoms. The fourth-order valence-corrected chi connectivity index (χ4v) is 3.43. The topological polar surface area (TPSA) is 90.4 Å². The largest absolute Gasteiger partial charge is 0.444 e. The maximum Gasteiger partial charge on any atom is 0.405 e. The molecule has 0 bridgehead atoms. The van der Waals surface area contributed by atoms with E-state index in [0.717, 1.165) is 42.6 Å². The number of anilines is 2. The number of nitrogens with two attached hydrogens (primary N) is 2. The molecule has 1 saturated carbocycles. The number of hydrogen-bond donors (Lipinski definition) is 3. The fourth-order valence-electron chi connectivity index (χ4n) is 3.43. The van der Waals surface area contributed by atoms with Crippen LogP contribution in [0.4, 0.5) is 16.2 Å². The molecule has 0 saturated heterocycles. The van der Waals surface area contributed by atoms with Crippen molar-refractivity contribution in [3.05, 3.63) is 23.8 Å². The van der Waals surface area contributed by atoms with Crippen LogP contribution in [0.2, 0.25) is 0 Å². The minimum Gasteiger partial charge on any atom is -0.444 e. The lowest BCUT2D eigenvalue weighted by atomic mass is 9.92. The zero-order valence-corrected chi connectivity index (χ0v) is 13.7. The molecule has 1 aliphatic rings. The molecule has 122 valence electrons. The first kappa shape index (κ1) is 16.5. The summed E-state index contributed by atoms with van der Waals surface area (Å²) in [4.78, 5) is 10.9. The van der Waals surface area contributed by atoms with Gasteiger partial charge in [0.1, 0.15) is 5.60 Å². The fraction of sp³-hybridized carbons (Fsp3) is 0.588. The van der Waals surface area contributed by atoms with Gasteiger partial charge in [-0.3, -0.25) is 0 Å². The molecule has 5 heteroatoms. The van der Waals surface area contributed by atoms with Crippen LogP contribution >= 0.6 is 0 Å². The Balaban J connectivity index is 1.89. The minimum atomic E-state index is -0.704. The molecule has 0 aromatic heterocycles. The molecule has 1 aromatic rings. The van der Waals surface area contributed by atoms with E-state index in [9.17, 15) is 4.79 Å². The van der Waals surface area contributed by atoms with E-state index in [1.807, 2.05) is 32.9 Å². The van der Waals surface area contributed by atoms with Crippen LogP contribution < -0.4 is 16.8 Å². The standard InChI is InChI=1S/C17H27N3O2/c1-11-4-7-15(14(18)8-11)20-13-6-5-12(9-13)10-17(2,3)22-16(19)21/h4,7-8,12-13,20H,5-6,9-10,18H2,1-3H3,(H2,19,21). The third kappa shape index (κ3) is 4.55. The van der Waals surface area contributed by atoms with Gasteiger partial charge in [-0.2, -0.15) is 0 Å². The Morgan fingerprint density at radius 2 is 2.14 bits per heavy atom. The molecule has 1 aromatic carbocycles. The Hall–Kier alpha value is -1.91. The third-order valence-electron chi connectivity index (χ3n) is 4.27. The van der Waals surface area contributed by atoms with E-state index in [2.05, 4.69) is 11.4 Å². The van der Waals surface area contributed by atoms with E-state index in [4.69, 9.17) is 16.2 Å². The van der Waals surface area contributed by atoms with Crippen molar-refractivity contribution in [2.75, 3.05) is 11.1 Å². The normalized spacial score (nSPS) is 21.6. The van der Waals surface area contributed by atoms with Gasteiger partial charge in [0.05, 0.1) is 11.4 Å². The van der Waals surface area contributed by atoms with Gasteiger partial charge in [-0.25, -0.2) is 4.79 Å². The number of benzene rings is 1. The van der Waals surface area contributed by atoms with E-state index < -0.39 is 11.7 Å². The number of rotatable bonds is 5. The molecule has 0 radical (unpaired) electrons. The molecular formula is C17H27N3O2. The third-order valence-corrected chi connectivity index (χ3v) is 4.27. The number of nitrogen functional groups attached to an aromatic ring is 1. The second-order valence-electron chi connectivity index (χ2n) is 7.00. The Bertz CT molecular complexity index is 543. The van der Waals surface area contributed by atoms with Crippen LogP contribution in [0.15, 0.2) is 18.2 Å². The Morgan fingerprint density at radius 1 is 1.41 bits per heavy atom. The van der Waals surface area contributed by atoms with Gasteiger partial charge in [0.25, 0.3) is 0 Å². The van der Waals surface area contributed by atoms with Crippen LogP contribution in [0.5, 0.6) is 0 Å². The van der Waals surface area contributed by atoms with Crippen LogP contribution in [0.25, 0.3) is 0 Å². The summed E-state index contributed by atoms with van der Waals surface area (Å²) in [5, 5.41) is 3.54. The van der Waals surface area contributed by atoms with Crippen LogP contribution in [0, 0.1) is 12.8 Å². The zero-order valence-electron chi connectivity index (χ0n) is 13.7.